The lowest BCUT2D eigenvalue weighted by Gasteiger charge is -2.35. The van der Waals surface area contributed by atoms with Gasteiger partial charge in [-0.05, 0) is 5.92 Å². The molecule has 0 spiro atoms. The summed E-state index contributed by atoms with van der Waals surface area (Å²) in [4.78, 5) is 27.6. The highest BCUT2D eigenvalue weighted by Crippen LogP contribution is 2.16. The van der Waals surface area contributed by atoms with E-state index in [1.54, 1.807) is 6.08 Å². The number of hydrogen-bond donors (Lipinski definition) is 1. The fourth-order valence-electron chi connectivity index (χ4n) is 2.03. The van der Waals surface area contributed by atoms with Gasteiger partial charge in [-0.25, -0.2) is 0 Å². The van der Waals surface area contributed by atoms with Crippen molar-refractivity contribution in [1.29, 1.82) is 0 Å². The SMILES string of the molecule is C=CCNC(=O)CN1CCN(C(=O)C(Br)C(C)C)CC1. The van der Waals surface area contributed by atoms with Crippen LogP contribution in [-0.4, -0.2) is 65.7 Å². The first-order chi connectivity index (χ1) is 9.45. The van der Waals surface area contributed by atoms with E-state index in [0.29, 0.717) is 26.2 Å². The number of alkyl halides is 1. The summed E-state index contributed by atoms with van der Waals surface area (Å²) >= 11 is 3.45. The van der Waals surface area contributed by atoms with Crippen molar-refractivity contribution in [2.24, 2.45) is 5.92 Å². The van der Waals surface area contributed by atoms with E-state index in [9.17, 15) is 9.59 Å². The maximum Gasteiger partial charge on any atom is 0.236 e. The zero-order chi connectivity index (χ0) is 15.1. The molecule has 5 nitrogen and oxygen atoms in total. The van der Waals surface area contributed by atoms with E-state index < -0.39 is 0 Å². The Morgan fingerprint density at radius 1 is 1.30 bits per heavy atom. The summed E-state index contributed by atoms with van der Waals surface area (Å²) < 4.78 is 0. The van der Waals surface area contributed by atoms with Gasteiger partial charge in [0, 0.05) is 32.7 Å². The molecular formula is C14H24BrN3O2. The smallest absolute Gasteiger partial charge is 0.236 e. The molecule has 0 aliphatic carbocycles. The predicted octanol–water partition coefficient (Wildman–Crippen LogP) is 0.852. The van der Waals surface area contributed by atoms with Crippen LogP contribution in [0.5, 0.6) is 0 Å². The van der Waals surface area contributed by atoms with Gasteiger partial charge in [-0.1, -0.05) is 35.9 Å². The van der Waals surface area contributed by atoms with Gasteiger partial charge in [-0.3, -0.25) is 14.5 Å². The number of rotatable bonds is 6. The van der Waals surface area contributed by atoms with Gasteiger partial charge < -0.3 is 10.2 Å². The molecule has 1 rings (SSSR count). The minimum absolute atomic E-state index is 0.00484. The first kappa shape index (κ1) is 17.2. The Balaban J connectivity index is 2.34. The van der Waals surface area contributed by atoms with E-state index in [2.05, 4.69) is 32.7 Å². The number of amides is 2. The molecule has 20 heavy (non-hydrogen) atoms. The second kappa shape index (κ2) is 8.42. The minimum Gasteiger partial charge on any atom is -0.352 e. The normalized spacial score (nSPS) is 17.9. The highest BCUT2D eigenvalue weighted by atomic mass is 79.9. The lowest BCUT2D eigenvalue weighted by Crippen LogP contribution is -2.53. The quantitative estimate of drug-likeness (QED) is 0.573. The monoisotopic (exact) mass is 345 g/mol. The van der Waals surface area contributed by atoms with Crippen molar-refractivity contribution in [2.75, 3.05) is 39.3 Å². The van der Waals surface area contributed by atoms with Gasteiger partial charge >= 0.3 is 0 Å². The van der Waals surface area contributed by atoms with Crippen molar-refractivity contribution < 1.29 is 9.59 Å². The number of nitrogens with zero attached hydrogens (tertiary/aromatic N) is 2. The van der Waals surface area contributed by atoms with E-state index in [4.69, 9.17) is 0 Å². The Morgan fingerprint density at radius 3 is 2.40 bits per heavy atom. The van der Waals surface area contributed by atoms with Gasteiger partial charge in [-0.15, -0.1) is 6.58 Å². The first-order valence-corrected chi connectivity index (χ1v) is 7.90. The van der Waals surface area contributed by atoms with Crippen LogP contribution in [0.25, 0.3) is 0 Å². The summed E-state index contributed by atoms with van der Waals surface area (Å²) in [6.45, 7) is 11.3. The van der Waals surface area contributed by atoms with Crippen LogP contribution in [-0.2, 0) is 9.59 Å². The predicted molar refractivity (Wildman–Crippen MR) is 83.8 cm³/mol. The molecule has 1 atom stereocenters. The topological polar surface area (TPSA) is 52.7 Å². The zero-order valence-electron chi connectivity index (χ0n) is 12.3. The van der Waals surface area contributed by atoms with Crippen LogP contribution in [0.4, 0.5) is 0 Å². The summed E-state index contributed by atoms with van der Waals surface area (Å²) in [7, 11) is 0. The van der Waals surface area contributed by atoms with Crippen LogP contribution < -0.4 is 5.32 Å². The average Bonchev–Trinajstić information content (AvgIpc) is 2.44. The number of carbonyl (C=O) groups excluding carboxylic acids is 2. The average molecular weight is 346 g/mol. The van der Waals surface area contributed by atoms with Gasteiger partial charge in [0.15, 0.2) is 0 Å². The second-order valence-corrected chi connectivity index (χ2v) is 6.33. The molecule has 1 unspecified atom stereocenters. The second-order valence-electron chi connectivity index (χ2n) is 5.34. The molecule has 1 saturated heterocycles. The molecule has 0 aromatic rings. The van der Waals surface area contributed by atoms with Crippen LogP contribution in [0.15, 0.2) is 12.7 Å². The molecule has 2 amide bonds. The molecule has 1 aliphatic rings. The number of piperazine rings is 1. The van der Waals surface area contributed by atoms with Crippen LogP contribution in [0.3, 0.4) is 0 Å². The van der Waals surface area contributed by atoms with E-state index in [1.807, 2.05) is 18.7 Å². The Bertz CT molecular complexity index is 352. The van der Waals surface area contributed by atoms with E-state index in [-0.39, 0.29) is 22.6 Å². The van der Waals surface area contributed by atoms with Crippen molar-refractivity contribution in [1.82, 2.24) is 15.1 Å². The van der Waals surface area contributed by atoms with Crippen LogP contribution in [0.1, 0.15) is 13.8 Å². The fraction of sp³-hybridized carbons (Fsp3) is 0.714. The van der Waals surface area contributed by atoms with Crippen LogP contribution >= 0.6 is 15.9 Å². The highest BCUT2D eigenvalue weighted by Gasteiger charge is 2.27. The van der Waals surface area contributed by atoms with Gasteiger partial charge in [0.05, 0.1) is 11.4 Å². The molecule has 0 aromatic heterocycles. The summed E-state index contributed by atoms with van der Waals surface area (Å²) in [5.41, 5.74) is 0. The molecule has 1 N–H and O–H groups in total. The molecule has 1 heterocycles. The zero-order valence-corrected chi connectivity index (χ0v) is 13.9. The first-order valence-electron chi connectivity index (χ1n) is 6.98. The number of hydrogen-bond acceptors (Lipinski definition) is 3. The molecule has 0 aromatic carbocycles. The Morgan fingerprint density at radius 2 is 1.90 bits per heavy atom. The minimum atomic E-state index is -0.120. The van der Waals surface area contributed by atoms with E-state index in [0.717, 1.165) is 13.1 Å². The summed E-state index contributed by atoms with van der Waals surface area (Å²) in [5.74, 6) is 0.436. The molecule has 0 radical (unpaired) electrons. The molecule has 6 heteroatoms. The molecule has 1 aliphatic heterocycles. The lowest BCUT2D eigenvalue weighted by molar-refractivity contribution is -0.133. The van der Waals surface area contributed by atoms with Crippen molar-refractivity contribution in [3.05, 3.63) is 12.7 Å². The standard InChI is InChI=1S/C14H24BrN3O2/c1-4-5-16-12(19)10-17-6-8-18(9-7-17)14(20)13(15)11(2)3/h4,11,13H,1,5-10H2,2-3H3,(H,16,19). The summed E-state index contributed by atoms with van der Waals surface area (Å²) in [6, 6.07) is 0. The van der Waals surface area contributed by atoms with Gasteiger partial charge in [0.2, 0.25) is 11.8 Å². The van der Waals surface area contributed by atoms with Gasteiger partial charge in [-0.2, -0.15) is 0 Å². The number of carbonyl (C=O) groups is 2. The molecule has 114 valence electrons. The van der Waals surface area contributed by atoms with E-state index >= 15 is 0 Å². The van der Waals surface area contributed by atoms with Gasteiger partial charge in [0.1, 0.15) is 0 Å². The molecule has 1 fully saturated rings. The third-order valence-corrected chi connectivity index (χ3v) is 4.76. The lowest BCUT2D eigenvalue weighted by atomic mass is 10.1. The Hall–Kier alpha value is -0.880. The van der Waals surface area contributed by atoms with Crippen molar-refractivity contribution in [2.45, 2.75) is 18.7 Å². The third-order valence-electron chi connectivity index (χ3n) is 3.32. The van der Waals surface area contributed by atoms with Crippen LogP contribution in [0, 0.1) is 5.92 Å². The number of halogens is 1. The summed E-state index contributed by atoms with van der Waals surface area (Å²) in [5, 5.41) is 2.76. The van der Waals surface area contributed by atoms with E-state index in [1.165, 1.54) is 0 Å². The number of nitrogens with one attached hydrogen (secondary N) is 1. The summed E-state index contributed by atoms with van der Waals surface area (Å²) in [6.07, 6.45) is 1.66. The Labute approximate surface area is 129 Å². The molecule has 0 saturated carbocycles. The fourth-order valence-corrected chi connectivity index (χ4v) is 2.32. The maximum atomic E-state index is 12.2. The largest absolute Gasteiger partial charge is 0.352 e. The third kappa shape index (κ3) is 5.25. The highest BCUT2D eigenvalue weighted by molar-refractivity contribution is 9.10. The molecule has 0 bridgehead atoms. The van der Waals surface area contributed by atoms with Crippen LogP contribution in [0.2, 0.25) is 0 Å². The molecular weight excluding hydrogens is 322 g/mol. The van der Waals surface area contributed by atoms with Gasteiger partial charge in [0.25, 0.3) is 0 Å². The van der Waals surface area contributed by atoms with Crippen molar-refractivity contribution in [3.63, 3.8) is 0 Å². The van der Waals surface area contributed by atoms with Crippen molar-refractivity contribution in [3.8, 4) is 0 Å². The maximum absolute atomic E-state index is 12.2. The Kier molecular flexibility index (Phi) is 7.23. The van der Waals surface area contributed by atoms with Crippen molar-refractivity contribution >= 4 is 27.7 Å².